The van der Waals surface area contributed by atoms with Crippen LogP contribution in [0.5, 0.6) is 0 Å². The van der Waals surface area contributed by atoms with Crippen LogP contribution in [0.1, 0.15) is 48.9 Å². The van der Waals surface area contributed by atoms with E-state index in [1.807, 2.05) is 6.92 Å². The van der Waals surface area contributed by atoms with Gasteiger partial charge in [0.1, 0.15) is 11.1 Å². The van der Waals surface area contributed by atoms with Crippen LogP contribution in [0.15, 0.2) is 0 Å². The molecule has 0 amide bonds. The van der Waals surface area contributed by atoms with Gasteiger partial charge in [0, 0.05) is 25.1 Å². The van der Waals surface area contributed by atoms with Crippen molar-refractivity contribution in [2.45, 2.75) is 46.4 Å². The van der Waals surface area contributed by atoms with Gasteiger partial charge in [-0.1, -0.05) is 13.8 Å². The van der Waals surface area contributed by atoms with Gasteiger partial charge < -0.3 is 14.8 Å². The van der Waals surface area contributed by atoms with Gasteiger partial charge in [0.2, 0.25) is 0 Å². The van der Waals surface area contributed by atoms with E-state index in [-0.39, 0.29) is 6.10 Å². The van der Waals surface area contributed by atoms with Gasteiger partial charge >= 0.3 is 0 Å². The van der Waals surface area contributed by atoms with Crippen LogP contribution in [0.4, 0.5) is 0 Å². The zero-order valence-electron chi connectivity index (χ0n) is 11.8. The number of ether oxygens (including phenoxy) is 2. The SMILES string of the molecule is CCNCc1sc(C(CC)OCC)nc1COC. The Morgan fingerprint density at radius 2 is 2.11 bits per heavy atom. The van der Waals surface area contributed by atoms with E-state index in [1.54, 1.807) is 18.4 Å². The van der Waals surface area contributed by atoms with Gasteiger partial charge in [0.05, 0.1) is 12.3 Å². The van der Waals surface area contributed by atoms with Crippen molar-refractivity contribution < 1.29 is 9.47 Å². The quantitative estimate of drug-likeness (QED) is 0.750. The molecule has 1 N–H and O–H groups in total. The standard InChI is InChI=1S/C13H24N2O2S/c1-5-11(17-7-3)13-15-10(9-16-4)12(18-13)8-14-6-2/h11,14H,5-9H2,1-4H3. The Bertz CT molecular complexity index is 342. The van der Waals surface area contributed by atoms with Gasteiger partial charge in [-0.05, 0) is 19.9 Å². The molecule has 5 heteroatoms. The van der Waals surface area contributed by atoms with Crippen molar-refractivity contribution in [3.8, 4) is 0 Å². The van der Waals surface area contributed by atoms with Crippen LogP contribution < -0.4 is 5.32 Å². The van der Waals surface area contributed by atoms with E-state index >= 15 is 0 Å². The Labute approximate surface area is 114 Å². The maximum atomic E-state index is 5.71. The lowest BCUT2D eigenvalue weighted by atomic mass is 10.3. The highest BCUT2D eigenvalue weighted by Gasteiger charge is 2.17. The Balaban J connectivity index is 2.85. The van der Waals surface area contributed by atoms with Crippen molar-refractivity contribution >= 4 is 11.3 Å². The summed E-state index contributed by atoms with van der Waals surface area (Å²) in [6.07, 6.45) is 1.07. The third kappa shape index (κ3) is 4.31. The monoisotopic (exact) mass is 272 g/mol. The molecule has 4 nitrogen and oxygen atoms in total. The highest BCUT2D eigenvalue weighted by atomic mass is 32.1. The van der Waals surface area contributed by atoms with Gasteiger partial charge in [0.25, 0.3) is 0 Å². The Morgan fingerprint density at radius 3 is 2.67 bits per heavy atom. The van der Waals surface area contributed by atoms with Gasteiger partial charge in [0.15, 0.2) is 0 Å². The summed E-state index contributed by atoms with van der Waals surface area (Å²) in [6.45, 7) is 9.36. The molecule has 1 rings (SSSR count). The van der Waals surface area contributed by atoms with E-state index in [4.69, 9.17) is 9.47 Å². The zero-order chi connectivity index (χ0) is 13.4. The average molecular weight is 272 g/mol. The van der Waals surface area contributed by atoms with E-state index in [1.165, 1.54) is 4.88 Å². The van der Waals surface area contributed by atoms with Crippen molar-refractivity contribution in [2.75, 3.05) is 20.3 Å². The summed E-state index contributed by atoms with van der Waals surface area (Å²) in [6, 6.07) is 0. The summed E-state index contributed by atoms with van der Waals surface area (Å²) in [7, 11) is 1.70. The third-order valence-corrected chi connectivity index (χ3v) is 3.82. The number of aromatic nitrogens is 1. The molecule has 0 fully saturated rings. The van der Waals surface area contributed by atoms with Crippen molar-refractivity contribution in [3.05, 3.63) is 15.6 Å². The molecule has 0 saturated heterocycles. The highest BCUT2D eigenvalue weighted by Crippen LogP contribution is 2.28. The van der Waals surface area contributed by atoms with Crippen molar-refractivity contribution in [3.63, 3.8) is 0 Å². The molecule has 1 aromatic rings. The third-order valence-electron chi connectivity index (χ3n) is 2.63. The van der Waals surface area contributed by atoms with Crippen LogP contribution >= 0.6 is 11.3 Å². The maximum Gasteiger partial charge on any atom is 0.122 e. The Morgan fingerprint density at radius 1 is 1.33 bits per heavy atom. The Hall–Kier alpha value is -0.490. The number of hydrogen-bond acceptors (Lipinski definition) is 5. The second kappa shape index (κ2) is 8.58. The number of rotatable bonds is 9. The van der Waals surface area contributed by atoms with Gasteiger partial charge in [-0.15, -0.1) is 11.3 Å². The summed E-state index contributed by atoms with van der Waals surface area (Å²) in [5, 5.41) is 4.41. The lowest BCUT2D eigenvalue weighted by molar-refractivity contribution is 0.0593. The summed E-state index contributed by atoms with van der Waals surface area (Å²) in [4.78, 5) is 5.93. The number of hydrogen-bond donors (Lipinski definition) is 1. The number of nitrogens with zero attached hydrogens (tertiary/aromatic N) is 1. The molecule has 0 spiro atoms. The molecule has 18 heavy (non-hydrogen) atoms. The van der Waals surface area contributed by atoms with Crippen LogP contribution in [0.2, 0.25) is 0 Å². The average Bonchev–Trinajstić information content (AvgIpc) is 2.77. The summed E-state index contributed by atoms with van der Waals surface area (Å²) in [5.74, 6) is 0. The minimum atomic E-state index is 0.117. The fourth-order valence-electron chi connectivity index (χ4n) is 1.73. The summed E-state index contributed by atoms with van der Waals surface area (Å²) >= 11 is 1.73. The molecule has 1 aromatic heterocycles. The van der Waals surface area contributed by atoms with E-state index in [2.05, 4.69) is 24.1 Å². The first-order valence-corrected chi connectivity index (χ1v) is 7.38. The molecule has 1 heterocycles. The lowest BCUT2D eigenvalue weighted by Gasteiger charge is -2.11. The predicted molar refractivity (Wildman–Crippen MR) is 74.9 cm³/mol. The fraction of sp³-hybridized carbons (Fsp3) is 0.769. The second-order valence-corrected chi connectivity index (χ2v) is 5.10. The molecular formula is C13H24N2O2S. The number of methoxy groups -OCH3 is 1. The smallest absolute Gasteiger partial charge is 0.122 e. The molecule has 0 aromatic carbocycles. The molecule has 0 radical (unpaired) electrons. The molecule has 104 valence electrons. The zero-order valence-corrected chi connectivity index (χ0v) is 12.6. The van der Waals surface area contributed by atoms with Crippen LogP contribution in [0.25, 0.3) is 0 Å². The molecule has 0 saturated carbocycles. The molecule has 0 bridgehead atoms. The summed E-state index contributed by atoms with van der Waals surface area (Å²) in [5.41, 5.74) is 1.04. The topological polar surface area (TPSA) is 43.4 Å². The highest BCUT2D eigenvalue weighted by molar-refractivity contribution is 7.11. The van der Waals surface area contributed by atoms with Crippen molar-refractivity contribution in [1.29, 1.82) is 0 Å². The maximum absolute atomic E-state index is 5.71. The lowest BCUT2D eigenvalue weighted by Crippen LogP contribution is -2.12. The summed E-state index contributed by atoms with van der Waals surface area (Å²) < 4.78 is 10.9. The van der Waals surface area contributed by atoms with E-state index < -0.39 is 0 Å². The molecular weight excluding hydrogens is 248 g/mol. The molecule has 0 aliphatic heterocycles. The van der Waals surface area contributed by atoms with Gasteiger partial charge in [-0.2, -0.15) is 0 Å². The largest absolute Gasteiger partial charge is 0.378 e. The molecule has 1 atom stereocenters. The van der Waals surface area contributed by atoms with Crippen LogP contribution in [0, 0.1) is 0 Å². The predicted octanol–water partition coefficient (Wildman–Crippen LogP) is 2.89. The minimum absolute atomic E-state index is 0.117. The van der Waals surface area contributed by atoms with E-state index in [0.717, 1.165) is 36.8 Å². The second-order valence-electron chi connectivity index (χ2n) is 3.99. The number of thiazole rings is 1. The van der Waals surface area contributed by atoms with Gasteiger partial charge in [-0.3, -0.25) is 0 Å². The molecule has 0 aliphatic carbocycles. The van der Waals surface area contributed by atoms with Crippen LogP contribution in [-0.4, -0.2) is 25.2 Å². The van der Waals surface area contributed by atoms with Gasteiger partial charge in [-0.25, -0.2) is 4.98 Å². The Kier molecular flexibility index (Phi) is 7.42. The normalized spacial score (nSPS) is 12.9. The minimum Gasteiger partial charge on any atom is -0.378 e. The molecule has 1 unspecified atom stereocenters. The first-order chi connectivity index (χ1) is 8.76. The fourth-order valence-corrected chi connectivity index (χ4v) is 2.90. The van der Waals surface area contributed by atoms with Crippen LogP contribution in [-0.2, 0) is 22.6 Å². The number of nitrogens with one attached hydrogen (secondary N) is 1. The van der Waals surface area contributed by atoms with E-state index in [9.17, 15) is 0 Å². The van der Waals surface area contributed by atoms with Crippen molar-refractivity contribution in [1.82, 2.24) is 10.3 Å². The molecule has 0 aliphatic rings. The van der Waals surface area contributed by atoms with Crippen molar-refractivity contribution in [2.24, 2.45) is 0 Å². The van der Waals surface area contributed by atoms with E-state index in [0.29, 0.717) is 6.61 Å². The van der Waals surface area contributed by atoms with Crippen LogP contribution in [0.3, 0.4) is 0 Å². The first kappa shape index (κ1) is 15.6. The first-order valence-electron chi connectivity index (χ1n) is 6.56.